The Kier molecular flexibility index (Phi) is 5.90. The summed E-state index contributed by atoms with van der Waals surface area (Å²) in [5.41, 5.74) is 15.1. The van der Waals surface area contributed by atoms with Crippen molar-refractivity contribution in [1.29, 1.82) is 0 Å². The first-order chi connectivity index (χ1) is 19.6. The predicted octanol–water partition coefficient (Wildman–Crippen LogP) is 10.1. The van der Waals surface area contributed by atoms with Gasteiger partial charge in [-0.25, -0.2) is 0 Å². The molecule has 0 atom stereocenters. The number of aromatic nitrogens is 2. The number of hydrogen-bond acceptors (Lipinski definition) is 2. The van der Waals surface area contributed by atoms with Crippen LogP contribution in [-0.2, 0) is 6.42 Å². The minimum atomic E-state index is 0.871. The number of fused-ring (bicyclic) bond motifs is 7. The third kappa shape index (κ3) is 4.23. The van der Waals surface area contributed by atoms with Gasteiger partial charge in [-0.1, -0.05) is 91.9 Å². The summed E-state index contributed by atoms with van der Waals surface area (Å²) in [5, 5.41) is 2.26. The van der Waals surface area contributed by atoms with Crippen molar-refractivity contribution in [3.8, 4) is 33.4 Å². The normalized spacial score (nSPS) is 14.6. The average molecular weight is 515 g/mol. The molecule has 2 aromatic heterocycles. The van der Waals surface area contributed by atoms with E-state index in [1.807, 2.05) is 6.92 Å². The summed E-state index contributed by atoms with van der Waals surface area (Å²) in [6.45, 7) is 6.40. The lowest BCUT2D eigenvalue weighted by molar-refractivity contribution is 1.06. The zero-order chi connectivity index (χ0) is 27.2. The number of hydrogen-bond donors (Lipinski definition) is 0. The third-order valence-electron chi connectivity index (χ3n) is 7.98. The van der Waals surface area contributed by atoms with Crippen molar-refractivity contribution in [2.45, 2.75) is 27.2 Å². The van der Waals surface area contributed by atoms with Gasteiger partial charge >= 0.3 is 0 Å². The number of nitrogens with zero attached hydrogens (tertiary/aromatic N) is 2. The van der Waals surface area contributed by atoms with E-state index in [2.05, 4.69) is 129 Å². The third-order valence-corrected chi connectivity index (χ3v) is 7.98. The monoisotopic (exact) mass is 514 g/mol. The second kappa shape index (κ2) is 9.73. The molecule has 6 aromatic rings. The smallest absolute Gasteiger partial charge is 0.0974 e. The minimum absolute atomic E-state index is 0.871. The van der Waals surface area contributed by atoms with Gasteiger partial charge in [0.05, 0.1) is 11.0 Å². The Labute approximate surface area is 235 Å². The van der Waals surface area contributed by atoms with E-state index < -0.39 is 0 Å². The van der Waals surface area contributed by atoms with E-state index in [0.717, 1.165) is 39.6 Å². The van der Waals surface area contributed by atoms with Crippen LogP contribution in [0.25, 0.3) is 66.8 Å². The second-order valence-electron chi connectivity index (χ2n) is 10.7. The van der Waals surface area contributed by atoms with Crippen LogP contribution in [0.3, 0.4) is 0 Å². The highest BCUT2D eigenvalue weighted by molar-refractivity contribution is 6.08. The van der Waals surface area contributed by atoms with E-state index in [4.69, 9.17) is 9.97 Å². The molecule has 1 aliphatic carbocycles. The predicted molar refractivity (Wildman–Crippen MR) is 170 cm³/mol. The Morgan fingerprint density at radius 1 is 0.600 bits per heavy atom. The molecule has 2 bridgehead atoms. The summed E-state index contributed by atoms with van der Waals surface area (Å²) < 4.78 is 0. The maximum atomic E-state index is 5.05. The quantitative estimate of drug-likeness (QED) is 0.220. The van der Waals surface area contributed by atoms with Crippen molar-refractivity contribution in [2.75, 3.05) is 0 Å². The molecule has 0 unspecified atom stereocenters. The van der Waals surface area contributed by atoms with Gasteiger partial charge in [-0.2, -0.15) is 0 Å². The Morgan fingerprint density at radius 3 is 2.25 bits per heavy atom. The number of allylic oxidation sites excluding steroid dienone is 3. The first-order valence-corrected chi connectivity index (χ1v) is 14.0. The van der Waals surface area contributed by atoms with Gasteiger partial charge in [0.1, 0.15) is 0 Å². The van der Waals surface area contributed by atoms with Crippen LogP contribution < -0.4 is 0 Å². The van der Waals surface area contributed by atoms with Crippen molar-refractivity contribution in [3.63, 3.8) is 0 Å². The summed E-state index contributed by atoms with van der Waals surface area (Å²) in [6, 6.07) is 35.4. The van der Waals surface area contributed by atoms with Gasteiger partial charge in [0.2, 0.25) is 0 Å². The molecule has 0 N–H and O–H groups in total. The van der Waals surface area contributed by atoms with Gasteiger partial charge < -0.3 is 0 Å². The van der Waals surface area contributed by atoms with Gasteiger partial charge in [0.25, 0.3) is 0 Å². The zero-order valence-corrected chi connectivity index (χ0v) is 23.1. The molecule has 0 saturated heterocycles. The lowest BCUT2D eigenvalue weighted by Crippen LogP contribution is -1.95. The minimum Gasteiger partial charge on any atom is -0.251 e. The largest absolute Gasteiger partial charge is 0.251 e. The van der Waals surface area contributed by atoms with Gasteiger partial charge in [0, 0.05) is 22.2 Å². The molecule has 0 radical (unpaired) electrons. The van der Waals surface area contributed by atoms with E-state index >= 15 is 0 Å². The molecule has 1 aliphatic rings. The fourth-order valence-electron chi connectivity index (χ4n) is 5.82. The van der Waals surface area contributed by atoms with Gasteiger partial charge in [-0.15, -0.1) is 0 Å². The summed E-state index contributed by atoms with van der Waals surface area (Å²) >= 11 is 0. The first-order valence-electron chi connectivity index (χ1n) is 14.0. The van der Waals surface area contributed by atoms with Crippen molar-refractivity contribution in [3.05, 3.63) is 132 Å². The molecule has 2 heteroatoms. The van der Waals surface area contributed by atoms with Crippen LogP contribution in [0.15, 0.2) is 109 Å². The van der Waals surface area contributed by atoms with Crippen molar-refractivity contribution >= 4 is 33.5 Å². The Balaban J connectivity index is 1.40. The first kappa shape index (κ1) is 24.2. The van der Waals surface area contributed by atoms with Crippen LogP contribution in [-0.4, -0.2) is 9.97 Å². The molecular weight excluding hydrogens is 484 g/mol. The topological polar surface area (TPSA) is 25.8 Å². The Morgan fingerprint density at radius 2 is 1.38 bits per heavy atom. The number of rotatable bonds is 3. The number of pyridine rings is 2. The van der Waals surface area contributed by atoms with Crippen LogP contribution in [0.2, 0.25) is 0 Å². The molecular formula is C38H30N2. The number of aryl methyl sites for hydroxylation is 2. The molecule has 2 nitrogen and oxygen atoms in total. The van der Waals surface area contributed by atoms with Crippen LogP contribution >= 0.6 is 0 Å². The summed E-state index contributed by atoms with van der Waals surface area (Å²) in [4.78, 5) is 9.93. The molecule has 0 fully saturated rings. The fraction of sp³-hybridized carbons (Fsp3) is 0.105. The van der Waals surface area contributed by atoms with E-state index in [0.29, 0.717) is 0 Å². The molecule has 0 spiro atoms. The molecule has 0 aliphatic heterocycles. The van der Waals surface area contributed by atoms with Crippen molar-refractivity contribution in [2.24, 2.45) is 0 Å². The Hall–Kier alpha value is -4.82. The second-order valence-corrected chi connectivity index (χ2v) is 10.7. The Bertz CT molecular complexity index is 2010. The number of benzene rings is 4. The van der Waals surface area contributed by atoms with Crippen LogP contribution in [0, 0.1) is 6.92 Å². The standard InChI is InChI=1S/C38H30N2/c1-4-32-23-36(34-19-16-27-15-14-25(3)39-37(27)38(34)40-32)31-13-7-11-28(21-31)29-17-18-33-24(2)8-5-9-26-10-6-12-30(20-26)35(33)22-29/h5-23H,4H2,1-3H3/b9-5-,24-8+. The van der Waals surface area contributed by atoms with Crippen molar-refractivity contribution in [1.82, 2.24) is 9.97 Å². The van der Waals surface area contributed by atoms with Crippen LogP contribution in [0.4, 0.5) is 0 Å². The lowest BCUT2D eigenvalue weighted by Gasteiger charge is -2.15. The zero-order valence-electron chi connectivity index (χ0n) is 23.1. The lowest BCUT2D eigenvalue weighted by atomic mass is 9.90. The van der Waals surface area contributed by atoms with Crippen LogP contribution in [0.5, 0.6) is 0 Å². The van der Waals surface area contributed by atoms with E-state index in [1.54, 1.807) is 0 Å². The highest BCUT2D eigenvalue weighted by Gasteiger charge is 2.14. The molecule has 192 valence electrons. The van der Waals surface area contributed by atoms with E-state index in [-0.39, 0.29) is 0 Å². The average Bonchev–Trinajstić information content (AvgIpc) is 3.03. The van der Waals surface area contributed by atoms with Gasteiger partial charge in [-0.05, 0) is 101 Å². The fourth-order valence-corrected chi connectivity index (χ4v) is 5.82. The van der Waals surface area contributed by atoms with Gasteiger partial charge in [0.15, 0.2) is 0 Å². The highest BCUT2D eigenvalue weighted by Crippen LogP contribution is 2.37. The highest BCUT2D eigenvalue weighted by atomic mass is 14.8. The molecule has 7 rings (SSSR count). The van der Waals surface area contributed by atoms with Crippen molar-refractivity contribution < 1.29 is 0 Å². The SMILES string of the molecule is CCc1cc(-c2cccc(-c3ccc4c(c3)-c3cccc(c3)/C=C\C=C\4C)c2)c2ccc3ccc(C)nc3c2n1. The molecule has 0 amide bonds. The summed E-state index contributed by atoms with van der Waals surface area (Å²) in [5.74, 6) is 0. The maximum Gasteiger partial charge on any atom is 0.0974 e. The van der Waals surface area contributed by atoms with E-state index in [9.17, 15) is 0 Å². The van der Waals surface area contributed by atoms with Gasteiger partial charge in [-0.3, -0.25) is 9.97 Å². The summed E-state index contributed by atoms with van der Waals surface area (Å²) in [7, 11) is 0. The molecule has 2 heterocycles. The van der Waals surface area contributed by atoms with E-state index in [1.165, 1.54) is 50.1 Å². The molecule has 40 heavy (non-hydrogen) atoms. The van der Waals surface area contributed by atoms with Crippen LogP contribution in [0.1, 0.15) is 36.4 Å². The molecule has 4 aromatic carbocycles. The maximum absolute atomic E-state index is 5.05. The summed E-state index contributed by atoms with van der Waals surface area (Å²) in [6.07, 6.45) is 7.39. The molecule has 0 saturated carbocycles.